The Hall–Kier alpha value is -2.38. The Kier molecular flexibility index (Phi) is 5.58. The van der Waals surface area contributed by atoms with Crippen LogP contribution in [-0.2, 0) is 11.4 Å². The minimum absolute atomic E-state index is 0.00514. The summed E-state index contributed by atoms with van der Waals surface area (Å²) in [6.45, 7) is 8.81. The molecule has 2 heterocycles. The van der Waals surface area contributed by atoms with E-state index in [-0.39, 0.29) is 5.56 Å². The summed E-state index contributed by atoms with van der Waals surface area (Å²) in [7, 11) is 1.68. The molecular weight excluding hydrogens is 332 g/mol. The van der Waals surface area contributed by atoms with E-state index in [4.69, 9.17) is 14.5 Å². The summed E-state index contributed by atoms with van der Waals surface area (Å²) >= 11 is 0. The molecule has 7 nitrogen and oxygen atoms in total. The van der Waals surface area contributed by atoms with Gasteiger partial charge in [-0.15, -0.1) is 0 Å². The maximum absolute atomic E-state index is 12.8. The van der Waals surface area contributed by atoms with Crippen molar-refractivity contribution in [2.75, 3.05) is 38.4 Å². The normalized spacial score (nSPS) is 14.4. The van der Waals surface area contributed by atoms with Crippen molar-refractivity contribution in [1.82, 2.24) is 14.5 Å². The zero-order valence-electron chi connectivity index (χ0n) is 15.9. The van der Waals surface area contributed by atoms with Gasteiger partial charge in [0.15, 0.2) is 0 Å². The number of ether oxygens (including phenoxy) is 2. The van der Waals surface area contributed by atoms with E-state index < -0.39 is 0 Å². The molecule has 0 unspecified atom stereocenters. The monoisotopic (exact) mass is 358 g/mol. The van der Waals surface area contributed by atoms with Crippen LogP contribution in [0.1, 0.15) is 18.2 Å². The predicted octanol–water partition coefficient (Wildman–Crippen LogP) is 2.27. The van der Waals surface area contributed by atoms with Gasteiger partial charge in [-0.2, -0.15) is 0 Å². The van der Waals surface area contributed by atoms with Crippen molar-refractivity contribution in [3.05, 3.63) is 45.9 Å². The molecule has 0 radical (unpaired) electrons. The highest BCUT2D eigenvalue weighted by molar-refractivity contribution is 5.59. The van der Waals surface area contributed by atoms with E-state index in [2.05, 4.69) is 9.80 Å². The number of aryl methyl sites for hydroxylation is 1. The summed E-state index contributed by atoms with van der Waals surface area (Å²) in [6, 6.07) is 7.87. The summed E-state index contributed by atoms with van der Waals surface area (Å²) in [6.07, 6.45) is 0. The number of rotatable bonds is 6. The zero-order chi connectivity index (χ0) is 18.7. The first kappa shape index (κ1) is 18.4. The van der Waals surface area contributed by atoms with Crippen LogP contribution < -0.4 is 15.2 Å². The standard InChI is InChI=1S/C19H26N4O3/c1-5-26-17-8-6-16(7-9-17)22-12-21(10-11-25-4)13-23-18(24)14(2)15(3)20-19(22)23/h6-9H,5,10-13H2,1-4H3. The summed E-state index contributed by atoms with van der Waals surface area (Å²) in [5.74, 6) is 1.51. The van der Waals surface area contributed by atoms with Gasteiger partial charge in [0.2, 0.25) is 5.95 Å². The molecule has 7 heteroatoms. The van der Waals surface area contributed by atoms with Crippen LogP contribution in [0.5, 0.6) is 5.75 Å². The molecule has 0 amide bonds. The van der Waals surface area contributed by atoms with E-state index in [0.29, 0.717) is 38.1 Å². The van der Waals surface area contributed by atoms with E-state index in [1.807, 2.05) is 45.0 Å². The highest BCUT2D eigenvalue weighted by Gasteiger charge is 2.27. The SMILES string of the molecule is CCOc1ccc(N2CN(CCOC)Cn3c2nc(C)c(C)c3=O)cc1. The molecule has 140 valence electrons. The molecule has 1 aliphatic heterocycles. The summed E-state index contributed by atoms with van der Waals surface area (Å²) < 4.78 is 12.5. The van der Waals surface area contributed by atoms with E-state index in [1.165, 1.54) is 0 Å². The minimum Gasteiger partial charge on any atom is -0.494 e. The number of aromatic nitrogens is 2. The molecule has 2 aromatic rings. The van der Waals surface area contributed by atoms with Gasteiger partial charge < -0.3 is 9.47 Å². The second-order valence-corrected chi connectivity index (χ2v) is 6.38. The third kappa shape index (κ3) is 3.59. The molecular formula is C19H26N4O3. The molecule has 1 aromatic carbocycles. The highest BCUT2D eigenvalue weighted by Crippen LogP contribution is 2.29. The molecule has 3 rings (SSSR count). The van der Waals surface area contributed by atoms with Crippen LogP contribution in [0, 0.1) is 13.8 Å². The van der Waals surface area contributed by atoms with Crippen molar-refractivity contribution < 1.29 is 9.47 Å². The minimum atomic E-state index is 0.00514. The van der Waals surface area contributed by atoms with Crippen LogP contribution in [0.25, 0.3) is 0 Å². The van der Waals surface area contributed by atoms with E-state index in [1.54, 1.807) is 11.7 Å². The van der Waals surface area contributed by atoms with Gasteiger partial charge in [-0.3, -0.25) is 19.2 Å². The maximum atomic E-state index is 12.8. The predicted molar refractivity (Wildman–Crippen MR) is 101 cm³/mol. The highest BCUT2D eigenvalue weighted by atomic mass is 16.5. The van der Waals surface area contributed by atoms with Crippen LogP contribution in [0.2, 0.25) is 0 Å². The maximum Gasteiger partial charge on any atom is 0.259 e. The first-order chi connectivity index (χ1) is 12.5. The number of hydrogen-bond donors (Lipinski definition) is 0. The van der Waals surface area contributed by atoms with Gasteiger partial charge in [0, 0.05) is 30.6 Å². The second-order valence-electron chi connectivity index (χ2n) is 6.38. The van der Waals surface area contributed by atoms with Gasteiger partial charge in [0.05, 0.1) is 26.6 Å². The molecule has 1 aromatic heterocycles. The zero-order valence-corrected chi connectivity index (χ0v) is 15.9. The second kappa shape index (κ2) is 7.88. The lowest BCUT2D eigenvalue weighted by Crippen LogP contribution is -2.48. The lowest BCUT2D eigenvalue weighted by molar-refractivity contribution is 0.121. The molecule has 0 bridgehead atoms. The Morgan fingerprint density at radius 2 is 1.88 bits per heavy atom. The van der Waals surface area contributed by atoms with Crippen LogP contribution in [0.4, 0.5) is 11.6 Å². The number of methoxy groups -OCH3 is 1. The van der Waals surface area contributed by atoms with Crippen molar-refractivity contribution in [3.63, 3.8) is 0 Å². The van der Waals surface area contributed by atoms with Crippen molar-refractivity contribution in [2.24, 2.45) is 0 Å². The molecule has 1 aliphatic rings. The number of fused-ring (bicyclic) bond motifs is 1. The largest absolute Gasteiger partial charge is 0.494 e. The molecule has 0 atom stereocenters. The smallest absolute Gasteiger partial charge is 0.259 e. The van der Waals surface area contributed by atoms with Gasteiger partial charge >= 0.3 is 0 Å². The van der Waals surface area contributed by atoms with Gasteiger partial charge in [-0.1, -0.05) is 0 Å². The Bertz CT molecular complexity index is 817. The summed E-state index contributed by atoms with van der Waals surface area (Å²) in [4.78, 5) is 21.7. The van der Waals surface area contributed by atoms with Gasteiger partial charge in [-0.05, 0) is 45.0 Å². The van der Waals surface area contributed by atoms with Crippen molar-refractivity contribution in [1.29, 1.82) is 0 Å². The van der Waals surface area contributed by atoms with Crippen LogP contribution >= 0.6 is 0 Å². The van der Waals surface area contributed by atoms with E-state index in [9.17, 15) is 4.79 Å². The average Bonchev–Trinajstić information content (AvgIpc) is 2.65. The fourth-order valence-corrected chi connectivity index (χ4v) is 3.03. The van der Waals surface area contributed by atoms with Crippen molar-refractivity contribution in [3.8, 4) is 5.75 Å². The number of nitrogens with zero attached hydrogens (tertiary/aromatic N) is 4. The average molecular weight is 358 g/mol. The van der Waals surface area contributed by atoms with Gasteiger partial charge in [-0.25, -0.2) is 4.98 Å². The molecule has 0 saturated carbocycles. The topological polar surface area (TPSA) is 59.8 Å². The number of anilines is 2. The van der Waals surface area contributed by atoms with Crippen molar-refractivity contribution in [2.45, 2.75) is 27.4 Å². The van der Waals surface area contributed by atoms with E-state index >= 15 is 0 Å². The Labute approximate surface area is 153 Å². The molecule has 0 aliphatic carbocycles. The third-order valence-electron chi connectivity index (χ3n) is 4.61. The molecule has 0 spiro atoms. The van der Waals surface area contributed by atoms with Crippen molar-refractivity contribution >= 4 is 11.6 Å². The molecule has 0 saturated heterocycles. The first-order valence-electron chi connectivity index (χ1n) is 8.85. The third-order valence-corrected chi connectivity index (χ3v) is 4.61. The molecule has 0 fully saturated rings. The quantitative estimate of drug-likeness (QED) is 0.790. The van der Waals surface area contributed by atoms with Crippen LogP contribution in [-0.4, -0.2) is 48.0 Å². The molecule has 26 heavy (non-hydrogen) atoms. The van der Waals surface area contributed by atoms with Gasteiger partial charge in [0.25, 0.3) is 5.56 Å². The van der Waals surface area contributed by atoms with Gasteiger partial charge in [0.1, 0.15) is 5.75 Å². The molecule has 0 N–H and O–H groups in total. The number of benzene rings is 1. The van der Waals surface area contributed by atoms with Crippen LogP contribution in [0.15, 0.2) is 29.1 Å². The summed E-state index contributed by atoms with van der Waals surface area (Å²) in [5, 5.41) is 0. The number of hydrogen-bond acceptors (Lipinski definition) is 6. The first-order valence-corrected chi connectivity index (χ1v) is 8.85. The Morgan fingerprint density at radius 1 is 1.15 bits per heavy atom. The van der Waals surface area contributed by atoms with E-state index in [0.717, 1.165) is 23.7 Å². The lowest BCUT2D eigenvalue weighted by atomic mass is 10.2. The lowest BCUT2D eigenvalue weighted by Gasteiger charge is -2.38. The fourth-order valence-electron chi connectivity index (χ4n) is 3.03. The van der Waals surface area contributed by atoms with Crippen LogP contribution in [0.3, 0.4) is 0 Å². The summed E-state index contributed by atoms with van der Waals surface area (Å²) in [5.41, 5.74) is 2.43. The Balaban J connectivity index is 2.02. The Morgan fingerprint density at radius 3 is 2.54 bits per heavy atom. The fraction of sp³-hybridized carbons (Fsp3) is 0.474.